The van der Waals surface area contributed by atoms with Crippen molar-refractivity contribution < 1.29 is 19.1 Å². The minimum atomic E-state index is -0.369. The van der Waals surface area contributed by atoms with Gasteiger partial charge in [0.15, 0.2) is 0 Å². The molecule has 0 radical (unpaired) electrons. The second-order valence-electron chi connectivity index (χ2n) is 6.85. The minimum absolute atomic E-state index is 0.228. The molecule has 3 rings (SSSR count). The molecule has 1 N–H and O–H groups in total. The number of rotatable bonds is 9. The van der Waals surface area contributed by atoms with E-state index in [1.54, 1.807) is 30.3 Å². The van der Waals surface area contributed by atoms with Gasteiger partial charge in [0.25, 0.3) is 11.8 Å². The molecule has 2 aromatic carbocycles. The van der Waals surface area contributed by atoms with Crippen LogP contribution in [0.1, 0.15) is 24.5 Å². The van der Waals surface area contributed by atoms with Crippen LogP contribution >= 0.6 is 11.6 Å². The Balaban J connectivity index is 2.02. The predicted octanol–water partition coefficient (Wildman–Crippen LogP) is 4.28. The van der Waals surface area contributed by atoms with Crippen molar-refractivity contribution in [2.75, 3.05) is 32.2 Å². The summed E-state index contributed by atoms with van der Waals surface area (Å²) in [5.41, 5.74) is 2.66. The molecule has 0 bridgehead atoms. The van der Waals surface area contributed by atoms with Crippen molar-refractivity contribution in [2.45, 2.75) is 20.3 Å². The second-order valence-corrected chi connectivity index (χ2v) is 7.28. The van der Waals surface area contributed by atoms with Gasteiger partial charge in [-0.1, -0.05) is 29.8 Å². The van der Waals surface area contributed by atoms with Crippen molar-refractivity contribution in [1.82, 2.24) is 4.90 Å². The minimum Gasteiger partial charge on any atom is -0.496 e. The van der Waals surface area contributed by atoms with Gasteiger partial charge in [0, 0.05) is 36.0 Å². The number of methoxy groups -OCH3 is 1. The molecule has 0 unspecified atom stereocenters. The Morgan fingerprint density at radius 2 is 1.87 bits per heavy atom. The molecule has 0 aromatic heterocycles. The van der Waals surface area contributed by atoms with Gasteiger partial charge >= 0.3 is 0 Å². The number of ether oxygens (including phenoxy) is 2. The van der Waals surface area contributed by atoms with Crippen LogP contribution in [0.4, 0.5) is 5.69 Å². The number of hydrogen-bond donors (Lipinski definition) is 1. The molecule has 0 saturated heterocycles. The summed E-state index contributed by atoms with van der Waals surface area (Å²) >= 11 is 6.06. The number of hydrogen-bond acceptors (Lipinski definition) is 5. The molecule has 6 nitrogen and oxygen atoms in total. The first-order chi connectivity index (χ1) is 14.5. The van der Waals surface area contributed by atoms with Gasteiger partial charge in [-0.05, 0) is 50.1 Å². The van der Waals surface area contributed by atoms with E-state index in [2.05, 4.69) is 5.32 Å². The van der Waals surface area contributed by atoms with Crippen molar-refractivity contribution in [2.24, 2.45) is 0 Å². The summed E-state index contributed by atoms with van der Waals surface area (Å²) in [7, 11) is 1.54. The zero-order valence-electron chi connectivity index (χ0n) is 17.3. The lowest BCUT2D eigenvalue weighted by molar-refractivity contribution is -0.137. The number of amides is 2. The van der Waals surface area contributed by atoms with Gasteiger partial charge in [-0.15, -0.1) is 0 Å². The van der Waals surface area contributed by atoms with E-state index < -0.39 is 0 Å². The molecule has 2 amide bonds. The van der Waals surface area contributed by atoms with E-state index in [4.69, 9.17) is 21.1 Å². The van der Waals surface area contributed by atoms with Crippen LogP contribution in [0.15, 0.2) is 48.2 Å². The maximum atomic E-state index is 13.3. The average molecular weight is 429 g/mol. The Morgan fingerprint density at radius 3 is 2.57 bits per heavy atom. The first-order valence-electron chi connectivity index (χ1n) is 9.82. The molecule has 7 heteroatoms. The predicted molar refractivity (Wildman–Crippen MR) is 118 cm³/mol. The lowest BCUT2D eigenvalue weighted by atomic mass is 10.0. The third kappa shape index (κ3) is 4.50. The van der Waals surface area contributed by atoms with E-state index in [9.17, 15) is 9.59 Å². The Bertz CT molecular complexity index is 987. The van der Waals surface area contributed by atoms with Gasteiger partial charge in [0.1, 0.15) is 11.4 Å². The Hall–Kier alpha value is -2.83. The van der Waals surface area contributed by atoms with E-state index in [0.29, 0.717) is 47.2 Å². The summed E-state index contributed by atoms with van der Waals surface area (Å²) in [6.45, 7) is 5.15. The van der Waals surface area contributed by atoms with Crippen molar-refractivity contribution in [3.8, 4) is 5.75 Å². The number of halogens is 1. The fourth-order valence-electron chi connectivity index (χ4n) is 3.37. The quantitative estimate of drug-likeness (QED) is 0.477. The molecular formula is C23H25ClN2O4. The summed E-state index contributed by atoms with van der Waals surface area (Å²) in [5, 5.41) is 3.77. The van der Waals surface area contributed by atoms with E-state index in [-0.39, 0.29) is 24.1 Å². The highest BCUT2D eigenvalue weighted by Gasteiger charge is 2.40. The topological polar surface area (TPSA) is 67.9 Å². The summed E-state index contributed by atoms with van der Waals surface area (Å²) in [6.07, 6.45) is 0.567. The fourth-order valence-corrected chi connectivity index (χ4v) is 3.59. The molecule has 0 saturated carbocycles. The molecule has 1 heterocycles. The van der Waals surface area contributed by atoms with Crippen LogP contribution in [0.5, 0.6) is 5.75 Å². The van der Waals surface area contributed by atoms with Crippen LogP contribution in [0, 0.1) is 6.92 Å². The fraction of sp³-hybridized carbons (Fsp3) is 0.304. The highest BCUT2D eigenvalue weighted by Crippen LogP contribution is 2.35. The van der Waals surface area contributed by atoms with Crippen LogP contribution < -0.4 is 10.1 Å². The zero-order chi connectivity index (χ0) is 21.7. The maximum Gasteiger partial charge on any atom is 0.278 e. The summed E-state index contributed by atoms with van der Waals surface area (Å²) < 4.78 is 10.8. The van der Waals surface area contributed by atoms with Crippen LogP contribution in [-0.4, -0.2) is 43.6 Å². The van der Waals surface area contributed by atoms with Crippen LogP contribution in [0.2, 0.25) is 5.02 Å². The number of benzene rings is 2. The lowest BCUT2D eigenvalue weighted by Crippen LogP contribution is -2.34. The first-order valence-corrected chi connectivity index (χ1v) is 10.2. The van der Waals surface area contributed by atoms with Crippen molar-refractivity contribution in [1.29, 1.82) is 0 Å². The largest absolute Gasteiger partial charge is 0.496 e. The molecule has 0 fully saturated rings. The molecule has 1 aliphatic rings. The molecule has 0 spiro atoms. The van der Waals surface area contributed by atoms with Gasteiger partial charge < -0.3 is 14.8 Å². The number of carbonyl (C=O) groups is 2. The van der Waals surface area contributed by atoms with Crippen LogP contribution in [0.25, 0.3) is 5.57 Å². The van der Waals surface area contributed by atoms with E-state index in [1.165, 1.54) is 12.0 Å². The Kier molecular flexibility index (Phi) is 7.13. The number of imide groups is 1. The van der Waals surface area contributed by atoms with Gasteiger partial charge in [0.2, 0.25) is 0 Å². The molecular weight excluding hydrogens is 404 g/mol. The molecule has 158 valence electrons. The zero-order valence-corrected chi connectivity index (χ0v) is 18.1. The third-order valence-corrected chi connectivity index (χ3v) is 5.10. The normalized spacial score (nSPS) is 13.9. The smallest absolute Gasteiger partial charge is 0.278 e. The summed E-state index contributed by atoms with van der Waals surface area (Å²) in [6, 6.07) is 12.5. The SMILES string of the molecule is CCOCCCN1C(=O)C(Nc2ccc(Cl)cc2C)=C(c2ccccc2OC)C1=O. The molecule has 0 atom stereocenters. The van der Waals surface area contributed by atoms with Gasteiger partial charge in [-0.2, -0.15) is 0 Å². The highest BCUT2D eigenvalue weighted by molar-refractivity contribution is 6.37. The van der Waals surface area contributed by atoms with E-state index >= 15 is 0 Å². The van der Waals surface area contributed by atoms with Crippen molar-refractivity contribution in [3.63, 3.8) is 0 Å². The Labute approximate surface area is 181 Å². The van der Waals surface area contributed by atoms with E-state index in [0.717, 1.165) is 5.56 Å². The average Bonchev–Trinajstić information content (AvgIpc) is 2.97. The summed E-state index contributed by atoms with van der Waals surface area (Å²) in [5.74, 6) is -0.196. The number of aryl methyl sites for hydroxylation is 1. The molecule has 1 aliphatic heterocycles. The molecule has 0 aliphatic carbocycles. The van der Waals surface area contributed by atoms with Crippen molar-refractivity contribution in [3.05, 3.63) is 64.3 Å². The Morgan fingerprint density at radius 1 is 1.10 bits per heavy atom. The van der Waals surface area contributed by atoms with Crippen LogP contribution in [0.3, 0.4) is 0 Å². The molecule has 30 heavy (non-hydrogen) atoms. The van der Waals surface area contributed by atoms with Crippen LogP contribution in [-0.2, 0) is 14.3 Å². The first kappa shape index (κ1) is 21.9. The number of carbonyl (C=O) groups excluding carboxylic acids is 2. The van der Waals surface area contributed by atoms with E-state index in [1.807, 2.05) is 26.0 Å². The second kappa shape index (κ2) is 9.78. The lowest BCUT2D eigenvalue weighted by Gasteiger charge is -2.15. The standard InChI is InChI=1S/C23H25ClN2O4/c1-4-30-13-7-12-26-22(27)20(17-8-5-6-9-19(17)29-3)21(23(26)28)25-18-11-10-16(24)14-15(18)2/h5-6,8-11,14,25H,4,7,12-13H2,1-3H3. The third-order valence-electron chi connectivity index (χ3n) is 4.87. The summed E-state index contributed by atoms with van der Waals surface area (Å²) in [4.78, 5) is 27.8. The number of nitrogens with one attached hydrogen (secondary N) is 1. The van der Waals surface area contributed by atoms with Gasteiger partial charge in [-0.3, -0.25) is 14.5 Å². The van der Waals surface area contributed by atoms with Gasteiger partial charge in [0.05, 0.1) is 12.7 Å². The number of anilines is 1. The number of para-hydroxylation sites is 1. The number of nitrogens with zero attached hydrogens (tertiary/aromatic N) is 1. The molecule has 2 aromatic rings. The highest BCUT2D eigenvalue weighted by atomic mass is 35.5. The van der Waals surface area contributed by atoms with Crippen molar-refractivity contribution >= 4 is 34.7 Å². The maximum absolute atomic E-state index is 13.3. The monoisotopic (exact) mass is 428 g/mol. The van der Waals surface area contributed by atoms with Gasteiger partial charge in [-0.25, -0.2) is 0 Å².